The number of halogens is 2. The third-order valence-corrected chi connectivity index (χ3v) is 9.63. The van der Waals surface area contributed by atoms with Gasteiger partial charge in [0.15, 0.2) is 11.6 Å². The van der Waals surface area contributed by atoms with Crippen LogP contribution in [-0.2, 0) is 25.9 Å². The zero-order valence-electron chi connectivity index (χ0n) is 32.3. The van der Waals surface area contributed by atoms with Gasteiger partial charge in [0, 0.05) is 46.2 Å². The first-order valence-electron chi connectivity index (χ1n) is 19.2. The summed E-state index contributed by atoms with van der Waals surface area (Å²) in [5.41, 5.74) is 6.10. The molecule has 6 aromatic carbocycles. The van der Waals surface area contributed by atoms with Gasteiger partial charge in [0.1, 0.15) is 24.7 Å². The number of hydrogen-bond acceptors (Lipinski definition) is 6. The van der Waals surface area contributed by atoms with E-state index in [1.54, 1.807) is 12.1 Å². The maximum Gasteiger partial charge on any atom is 0.270 e. The first-order valence-corrected chi connectivity index (χ1v) is 19.2. The number of aromatic nitrogens is 4. The van der Waals surface area contributed by atoms with E-state index in [-0.39, 0.29) is 35.8 Å². The monoisotopic (exact) mass is 796 g/mol. The Morgan fingerprint density at radius 1 is 0.433 bits per heavy atom. The van der Waals surface area contributed by atoms with Gasteiger partial charge in [0.2, 0.25) is 0 Å². The highest BCUT2D eigenvalue weighted by Gasteiger charge is 2.16. The zero-order valence-corrected chi connectivity index (χ0v) is 32.3. The predicted octanol–water partition coefficient (Wildman–Crippen LogP) is 9.05. The van der Waals surface area contributed by atoms with Crippen LogP contribution < -0.4 is 11.1 Å². The van der Waals surface area contributed by atoms with Crippen molar-refractivity contribution in [2.24, 2.45) is 0 Å². The molecule has 0 saturated heterocycles. The van der Waals surface area contributed by atoms with Crippen LogP contribution in [0.3, 0.4) is 0 Å². The Bertz CT molecular complexity index is 2630. The molecule has 0 radical (unpaired) electrons. The molecule has 0 saturated carbocycles. The van der Waals surface area contributed by atoms with Gasteiger partial charge in [0.05, 0.1) is 11.4 Å². The fourth-order valence-corrected chi connectivity index (χ4v) is 6.52. The van der Waals surface area contributed by atoms with Crippen LogP contribution in [0.25, 0.3) is 22.5 Å². The smallest absolute Gasteiger partial charge is 0.270 e. The van der Waals surface area contributed by atoms with Crippen LogP contribution in [0.2, 0.25) is 0 Å². The SMILES string of the molecule is O=C(Cn1nc(-c2ccccc2)cc(Cc2ccccc2)c1=O)c1ccc(F)cc1.O=C(Cn1nc(-c2ccccc2)cc(Cc2ccccc2)c1=O)c1ccc(F)cc1. The fourth-order valence-electron chi connectivity index (χ4n) is 6.52. The summed E-state index contributed by atoms with van der Waals surface area (Å²) in [7, 11) is 0. The second-order valence-electron chi connectivity index (χ2n) is 14.0. The number of rotatable bonds is 12. The largest absolute Gasteiger partial charge is 0.292 e. The summed E-state index contributed by atoms with van der Waals surface area (Å²) in [6.07, 6.45) is 0.875. The first-order chi connectivity index (χ1) is 29.2. The molecule has 0 N–H and O–H groups in total. The number of carbonyl (C=O) groups is 2. The Balaban J connectivity index is 0.000000181. The summed E-state index contributed by atoms with van der Waals surface area (Å²) >= 11 is 0. The molecule has 2 heterocycles. The van der Waals surface area contributed by atoms with Gasteiger partial charge in [-0.05, 0) is 71.8 Å². The minimum atomic E-state index is -0.418. The molecule has 296 valence electrons. The minimum Gasteiger partial charge on any atom is -0.292 e. The second kappa shape index (κ2) is 19.1. The average molecular weight is 797 g/mol. The molecular weight excluding hydrogens is 759 g/mol. The molecule has 0 atom stereocenters. The molecule has 0 amide bonds. The second-order valence-corrected chi connectivity index (χ2v) is 14.0. The van der Waals surface area contributed by atoms with Crippen molar-refractivity contribution in [2.45, 2.75) is 25.9 Å². The average Bonchev–Trinajstić information content (AvgIpc) is 3.28. The highest BCUT2D eigenvalue weighted by Crippen LogP contribution is 2.19. The number of carbonyl (C=O) groups excluding carboxylic acids is 2. The molecule has 0 spiro atoms. The Labute approximate surface area is 344 Å². The normalized spacial score (nSPS) is 10.7. The van der Waals surface area contributed by atoms with E-state index < -0.39 is 11.6 Å². The lowest BCUT2D eigenvalue weighted by molar-refractivity contribution is 0.0957. The molecule has 2 aromatic heterocycles. The molecule has 8 nitrogen and oxygen atoms in total. The molecule has 60 heavy (non-hydrogen) atoms. The number of hydrogen-bond donors (Lipinski definition) is 0. The standard InChI is InChI=1S/2C25H19FN2O2/c2*26-22-13-11-20(12-14-22)24(29)17-28-25(30)21(15-18-7-3-1-4-8-18)16-23(27-28)19-9-5-2-6-10-19/h2*1-14,16H,15,17H2. The first kappa shape index (κ1) is 40.5. The van der Waals surface area contributed by atoms with Crippen LogP contribution >= 0.6 is 0 Å². The van der Waals surface area contributed by atoms with Crippen molar-refractivity contribution in [2.75, 3.05) is 0 Å². The topological polar surface area (TPSA) is 104 Å². The summed E-state index contributed by atoms with van der Waals surface area (Å²) in [6.45, 7) is -0.431. The lowest BCUT2D eigenvalue weighted by Crippen LogP contribution is -2.30. The van der Waals surface area contributed by atoms with Crippen LogP contribution in [0.4, 0.5) is 8.78 Å². The van der Waals surface area contributed by atoms with Crippen LogP contribution in [0.5, 0.6) is 0 Å². The maximum absolute atomic E-state index is 13.2. The van der Waals surface area contributed by atoms with E-state index in [1.807, 2.05) is 121 Å². The molecule has 0 aliphatic carbocycles. The minimum absolute atomic E-state index is 0.215. The van der Waals surface area contributed by atoms with E-state index in [2.05, 4.69) is 10.2 Å². The summed E-state index contributed by atoms with van der Waals surface area (Å²) in [5, 5.41) is 8.87. The van der Waals surface area contributed by atoms with Crippen molar-refractivity contribution < 1.29 is 18.4 Å². The van der Waals surface area contributed by atoms with Gasteiger partial charge < -0.3 is 0 Å². The molecule has 10 heteroatoms. The molecule has 0 unspecified atom stereocenters. The number of nitrogens with zero attached hydrogens (tertiary/aromatic N) is 4. The number of benzene rings is 6. The van der Waals surface area contributed by atoms with Gasteiger partial charge in [-0.1, -0.05) is 121 Å². The molecule has 8 aromatic rings. The highest BCUT2D eigenvalue weighted by atomic mass is 19.1. The third-order valence-electron chi connectivity index (χ3n) is 9.63. The van der Waals surface area contributed by atoms with Gasteiger partial charge in [-0.3, -0.25) is 19.2 Å². The van der Waals surface area contributed by atoms with Crippen molar-refractivity contribution in [3.63, 3.8) is 0 Å². The Morgan fingerprint density at radius 3 is 1.08 bits per heavy atom. The maximum atomic E-state index is 13.2. The van der Waals surface area contributed by atoms with E-state index in [0.717, 1.165) is 22.3 Å². The number of Topliss-reactive ketones (excluding diaryl/α,β-unsaturated/α-hetero) is 2. The summed E-state index contributed by atoms with van der Waals surface area (Å²) < 4.78 is 28.7. The van der Waals surface area contributed by atoms with E-state index in [9.17, 15) is 28.0 Å². The Hall–Kier alpha value is -7.72. The van der Waals surface area contributed by atoms with Crippen LogP contribution in [-0.4, -0.2) is 31.1 Å². The third kappa shape index (κ3) is 10.4. The van der Waals surface area contributed by atoms with Crippen molar-refractivity contribution >= 4 is 11.6 Å². The van der Waals surface area contributed by atoms with Crippen molar-refractivity contribution in [3.8, 4) is 22.5 Å². The molecule has 0 aliphatic heterocycles. The van der Waals surface area contributed by atoms with Gasteiger partial charge in [-0.25, -0.2) is 18.1 Å². The Morgan fingerprint density at radius 2 is 0.750 bits per heavy atom. The summed E-state index contributed by atoms with van der Waals surface area (Å²) in [4.78, 5) is 51.5. The quantitative estimate of drug-likeness (QED) is 0.114. The van der Waals surface area contributed by atoms with E-state index in [4.69, 9.17) is 0 Å². The van der Waals surface area contributed by atoms with Crippen LogP contribution in [0.15, 0.2) is 192 Å². The molecule has 0 bridgehead atoms. The summed E-state index contributed by atoms with van der Waals surface area (Å²) in [6, 6.07) is 52.5. The molecular formula is C50H38F2N4O4. The predicted molar refractivity (Wildman–Crippen MR) is 228 cm³/mol. The van der Waals surface area contributed by atoms with Crippen molar-refractivity contribution in [3.05, 3.63) is 248 Å². The van der Waals surface area contributed by atoms with Crippen LogP contribution in [0.1, 0.15) is 43.0 Å². The van der Waals surface area contributed by atoms with E-state index >= 15 is 0 Å². The van der Waals surface area contributed by atoms with Gasteiger partial charge in [0.25, 0.3) is 11.1 Å². The highest BCUT2D eigenvalue weighted by molar-refractivity contribution is 5.96. The lowest BCUT2D eigenvalue weighted by atomic mass is 10.0. The van der Waals surface area contributed by atoms with E-state index in [0.29, 0.717) is 46.5 Å². The molecule has 0 fully saturated rings. The van der Waals surface area contributed by atoms with Crippen LogP contribution in [0, 0.1) is 11.6 Å². The van der Waals surface area contributed by atoms with Gasteiger partial charge >= 0.3 is 0 Å². The van der Waals surface area contributed by atoms with Crippen molar-refractivity contribution in [1.29, 1.82) is 0 Å². The Kier molecular flexibility index (Phi) is 12.9. The zero-order chi connectivity index (χ0) is 41.8. The molecule has 8 rings (SSSR count). The molecule has 0 aliphatic rings. The van der Waals surface area contributed by atoms with Crippen molar-refractivity contribution in [1.82, 2.24) is 19.6 Å². The summed E-state index contributed by atoms with van der Waals surface area (Å²) in [5.74, 6) is -1.45. The number of ketones is 2. The van der Waals surface area contributed by atoms with E-state index in [1.165, 1.54) is 57.9 Å². The fraction of sp³-hybridized carbons (Fsp3) is 0.0800. The van der Waals surface area contributed by atoms with Gasteiger partial charge in [-0.2, -0.15) is 10.2 Å². The van der Waals surface area contributed by atoms with Gasteiger partial charge in [-0.15, -0.1) is 0 Å². The lowest BCUT2D eigenvalue weighted by Gasteiger charge is -2.11.